The monoisotopic (exact) mass is 460 g/mol. The Hall–Kier alpha value is -1.26. The average Bonchev–Trinajstić information content (AvgIpc) is 3.16. The summed E-state index contributed by atoms with van der Waals surface area (Å²) in [5.74, 6) is 3.47. The van der Waals surface area contributed by atoms with E-state index >= 15 is 0 Å². The van der Waals surface area contributed by atoms with Crippen molar-refractivity contribution >= 4 is 17.5 Å². The first kappa shape index (κ1) is 23.9. The van der Waals surface area contributed by atoms with E-state index in [1.165, 1.54) is 63.4 Å². The number of hydrogen-bond donors (Lipinski definition) is 2. The molecule has 178 valence electrons. The number of unbranched alkanes of at least 4 members (excludes halogenated alkanes) is 3. The Balaban J connectivity index is 1.25. The number of rotatable bonds is 10. The number of benzene rings is 1. The first-order valence-electron chi connectivity index (χ1n) is 12.8. The maximum absolute atomic E-state index is 11.2. The fraction of sp³-hybridized carbons (Fsp3) is 0.741. The second kappa shape index (κ2) is 10.8. The van der Waals surface area contributed by atoms with Crippen LogP contribution in [0.5, 0.6) is 5.75 Å². The van der Waals surface area contributed by atoms with Crippen molar-refractivity contribution in [1.29, 1.82) is 0 Å². The average molecular weight is 461 g/mol. The molecular formula is C27H41ClN2O2. The summed E-state index contributed by atoms with van der Waals surface area (Å²) in [6.45, 7) is 4.46. The molecule has 1 unspecified atom stereocenters. The fourth-order valence-electron chi connectivity index (χ4n) is 7.18. The van der Waals surface area contributed by atoms with Gasteiger partial charge in [0.15, 0.2) is 0 Å². The SMILES string of the molecule is COc1ccc2c(c1)CC[C@@H]1[C@@H]2CC[C@]2(C)C(NCCCCCCNC(=O)CCl)CC[C@@H]12. The van der Waals surface area contributed by atoms with Crippen LogP contribution < -0.4 is 15.4 Å². The van der Waals surface area contributed by atoms with Crippen LogP contribution in [0.15, 0.2) is 18.2 Å². The number of fused-ring (bicyclic) bond motifs is 5. The zero-order chi connectivity index (χ0) is 22.6. The molecule has 4 rings (SSSR count). The number of nitrogens with one attached hydrogen (secondary N) is 2. The Labute approximate surface area is 199 Å². The number of carbonyl (C=O) groups is 1. The highest BCUT2D eigenvalue weighted by atomic mass is 35.5. The highest BCUT2D eigenvalue weighted by Gasteiger charge is 2.54. The number of amides is 1. The number of carbonyl (C=O) groups excluding carboxylic acids is 1. The smallest absolute Gasteiger partial charge is 0.234 e. The van der Waals surface area contributed by atoms with Crippen LogP contribution in [-0.4, -0.2) is 38.0 Å². The Morgan fingerprint density at radius 2 is 1.94 bits per heavy atom. The molecule has 2 fully saturated rings. The predicted octanol–water partition coefficient (Wildman–Crippen LogP) is 5.42. The molecule has 1 amide bonds. The van der Waals surface area contributed by atoms with Gasteiger partial charge in [-0.3, -0.25) is 4.79 Å². The van der Waals surface area contributed by atoms with Gasteiger partial charge in [0.05, 0.1) is 7.11 Å². The number of alkyl halides is 1. The van der Waals surface area contributed by atoms with E-state index in [-0.39, 0.29) is 11.8 Å². The first-order chi connectivity index (χ1) is 15.6. The minimum absolute atomic E-state index is 0.0618. The summed E-state index contributed by atoms with van der Waals surface area (Å²) >= 11 is 5.50. The van der Waals surface area contributed by atoms with Crippen molar-refractivity contribution in [2.45, 2.75) is 83.1 Å². The second-order valence-corrected chi connectivity index (χ2v) is 10.8. The van der Waals surface area contributed by atoms with Gasteiger partial charge >= 0.3 is 0 Å². The van der Waals surface area contributed by atoms with Gasteiger partial charge in [-0.05, 0) is 104 Å². The molecule has 5 heteroatoms. The molecule has 3 aliphatic carbocycles. The molecule has 0 aromatic heterocycles. The third-order valence-corrected chi connectivity index (χ3v) is 9.11. The van der Waals surface area contributed by atoms with Gasteiger partial charge in [-0.15, -0.1) is 11.6 Å². The van der Waals surface area contributed by atoms with Crippen LogP contribution in [0.4, 0.5) is 0 Å². The lowest BCUT2D eigenvalue weighted by molar-refractivity contribution is -0.118. The van der Waals surface area contributed by atoms with Crippen molar-refractivity contribution in [3.8, 4) is 5.75 Å². The van der Waals surface area contributed by atoms with E-state index in [0.29, 0.717) is 11.5 Å². The van der Waals surface area contributed by atoms with Crippen LogP contribution in [0.3, 0.4) is 0 Å². The molecule has 5 atom stereocenters. The summed E-state index contributed by atoms with van der Waals surface area (Å²) in [6.07, 6.45) is 12.6. The summed E-state index contributed by atoms with van der Waals surface area (Å²) in [5.41, 5.74) is 3.60. The van der Waals surface area contributed by atoms with E-state index < -0.39 is 0 Å². The molecular weight excluding hydrogens is 420 g/mol. The normalized spacial score (nSPS) is 30.8. The number of ether oxygens (including phenoxy) is 1. The van der Waals surface area contributed by atoms with E-state index in [1.54, 1.807) is 12.7 Å². The van der Waals surface area contributed by atoms with Crippen LogP contribution in [0, 0.1) is 17.3 Å². The minimum Gasteiger partial charge on any atom is -0.497 e. The first-order valence-corrected chi connectivity index (χ1v) is 13.3. The molecule has 1 aromatic carbocycles. The second-order valence-electron chi connectivity index (χ2n) is 10.5. The molecule has 1 aromatic rings. The number of aryl methyl sites for hydroxylation is 1. The number of hydrogen-bond acceptors (Lipinski definition) is 3. The molecule has 0 saturated heterocycles. The van der Waals surface area contributed by atoms with Gasteiger partial charge in [0.1, 0.15) is 11.6 Å². The largest absolute Gasteiger partial charge is 0.497 e. The van der Waals surface area contributed by atoms with Gasteiger partial charge in [-0.2, -0.15) is 0 Å². The van der Waals surface area contributed by atoms with E-state index in [9.17, 15) is 4.79 Å². The van der Waals surface area contributed by atoms with Crippen molar-refractivity contribution in [2.24, 2.45) is 17.3 Å². The minimum atomic E-state index is -0.0618. The highest BCUT2D eigenvalue weighted by molar-refractivity contribution is 6.27. The number of methoxy groups -OCH3 is 1. The quantitative estimate of drug-likeness (QED) is 0.361. The molecule has 0 spiro atoms. The van der Waals surface area contributed by atoms with Crippen molar-refractivity contribution in [1.82, 2.24) is 10.6 Å². The molecule has 0 radical (unpaired) electrons. The topological polar surface area (TPSA) is 50.4 Å². The van der Waals surface area contributed by atoms with Crippen LogP contribution >= 0.6 is 11.6 Å². The molecule has 0 aliphatic heterocycles. The maximum Gasteiger partial charge on any atom is 0.234 e. The lowest BCUT2D eigenvalue weighted by atomic mass is 9.55. The van der Waals surface area contributed by atoms with Crippen LogP contribution in [0.2, 0.25) is 0 Å². The van der Waals surface area contributed by atoms with E-state index in [4.69, 9.17) is 16.3 Å². The van der Waals surface area contributed by atoms with E-state index in [1.807, 2.05) is 0 Å². The lowest BCUT2D eigenvalue weighted by Crippen LogP contribution is -2.48. The Bertz CT molecular complexity index is 785. The van der Waals surface area contributed by atoms with Gasteiger partial charge in [0, 0.05) is 12.6 Å². The van der Waals surface area contributed by atoms with Crippen LogP contribution in [-0.2, 0) is 11.2 Å². The molecule has 3 aliphatic rings. The van der Waals surface area contributed by atoms with Gasteiger partial charge in [-0.25, -0.2) is 0 Å². The summed E-state index contributed by atoms with van der Waals surface area (Å²) in [4.78, 5) is 11.2. The summed E-state index contributed by atoms with van der Waals surface area (Å²) in [6, 6.07) is 7.48. The zero-order valence-corrected chi connectivity index (χ0v) is 20.7. The van der Waals surface area contributed by atoms with Crippen LogP contribution in [0.25, 0.3) is 0 Å². The van der Waals surface area contributed by atoms with Crippen molar-refractivity contribution in [2.75, 3.05) is 26.1 Å². The zero-order valence-electron chi connectivity index (χ0n) is 19.9. The standard InChI is InChI=1S/C27H41ClN2O2/c1-27-14-13-22-21-10-8-20(32-2)17-19(21)7-9-23(22)24(27)11-12-25(27)29-15-5-3-4-6-16-30-26(31)18-28/h8,10,17,22-25,29H,3-7,9,11-16,18H2,1-2H3,(H,30,31)/t22-,23-,24+,25?,27+/m1/s1. The van der Waals surface area contributed by atoms with Gasteiger partial charge in [0.25, 0.3) is 0 Å². The fourth-order valence-corrected chi connectivity index (χ4v) is 7.27. The third-order valence-electron chi connectivity index (χ3n) is 8.87. The van der Waals surface area contributed by atoms with Gasteiger partial charge in [-0.1, -0.05) is 25.8 Å². The van der Waals surface area contributed by atoms with Crippen molar-refractivity contribution in [3.05, 3.63) is 29.3 Å². The lowest BCUT2D eigenvalue weighted by Gasteiger charge is -2.51. The summed E-state index contributed by atoms with van der Waals surface area (Å²) in [7, 11) is 1.77. The van der Waals surface area contributed by atoms with Crippen LogP contribution in [0.1, 0.15) is 81.8 Å². The molecule has 0 bridgehead atoms. The summed E-state index contributed by atoms with van der Waals surface area (Å²) < 4.78 is 5.47. The van der Waals surface area contributed by atoms with Gasteiger partial charge < -0.3 is 15.4 Å². The van der Waals surface area contributed by atoms with Crippen molar-refractivity contribution in [3.63, 3.8) is 0 Å². The Morgan fingerprint density at radius 1 is 1.12 bits per heavy atom. The Morgan fingerprint density at radius 3 is 2.72 bits per heavy atom. The molecule has 2 N–H and O–H groups in total. The predicted molar refractivity (Wildman–Crippen MR) is 132 cm³/mol. The molecule has 4 nitrogen and oxygen atoms in total. The van der Waals surface area contributed by atoms with E-state index in [2.05, 4.69) is 35.8 Å². The van der Waals surface area contributed by atoms with Crippen molar-refractivity contribution < 1.29 is 9.53 Å². The number of halogens is 1. The van der Waals surface area contributed by atoms with E-state index in [0.717, 1.165) is 43.0 Å². The third kappa shape index (κ3) is 4.97. The van der Waals surface area contributed by atoms with Gasteiger partial charge in [0.2, 0.25) is 5.91 Å². The Kier molecular flexibility index (Phi) is 8.04. The molecule has 2 saturated carbocycles. The maximum atomic E-state index is 11.2. The molecule has 32 heavy (non-hydrogen) atoms. The highest BCUT2D eigenvalue weighted by Crippen LogP contribution is 2.60. The summed E-state index contributed by atoms with van der Waals surface area (Å²) in [5, 5.41) is 6.81. The molecule has 0 heterocycles.